The van der Waals surface area contributed by atoms with E-state index in [0.29, 0.717) is 34.5 Å². The number of carbonyl (C=O) groups is 1. The van der Waals surface area contributed by atoms with Crippen LogP contribution in [0.4, 0.5) is 0 Å². The molecule has 210 valence electrons. The Labute approximate surface area is 246 Å². The first-order chi connectivity index (χ1) is 19.0. The molecule has 0 radical (unpaired) electrons. The van der Waals surface area contributed by atoms with Gasteiger partial charge in [0.15, 0.2) is 5.17 Å². The van der Waals surface area contributed by atoms with Crippen LogP contribution >= 0.6 is 35.0 Å². The lowest BCUT2D eigenvalue weighted by atomic mass is 9.96. The van der Waals surface area contributed by atoms with E-state index in [1.807, 2.05) is 24.3 Å². The molecule has 1 fully saturated rings. The zero-order chi connectivity index (χ0) is 27.5. The molecule has 6 nitrogen and oxygen atoms in total. The number of piperidine rings is 1. The van der Waals surface area contributed by atoms with E-state index >= 15 is 0 Å². The highest BCUT2D eigenvalue weighted by Gasteiger charge is 2.32. The number of aryl methyl sites for hydroxylation is 1. The molecule has 0 aromatic heterocycles. The van der Waals surface area contributed by atoms with Crippen LogP contribution in [0.3, 0.4) is 0 Å². The second-order valence-corrected chi connectivity index (χ2v) is 11.7. The molecule has 1 unspecified atom stereocenters. The molecule has 0 spiro atoms. The number of hydrogen-bond acceptors (Lipinski definition) is 7. The number of aliphatic imine (C=N–C) groups is 1. The van der Waals surface area contributed by atoms with Gasteiger partial charge in [-0.2, -0.15) is 0 Å². The standard InChI is InChI=1S/C30H37Cl2N3O3S/c1-2-39-30-33-26(21-37-19-17-35-15-7-4-8-16-35)27(28(34-30)23-13-14-24(31)25(32)20-23)29(36)38-18-9-12-22-10-5-3-6-11-22/h3,5-6,10-11,13-14,20,28H,2,4,7-9,12,15-19,21H2,1H3,(H,33,34). The van der Waals surface area contributed by atoms with Crippen LogP contribution in [0.25, 0.3) is 0 Å². The van der Waals surface area contributed by atoms with Gasteiger partial charge in [-0.15, -0.1) is 0 Å². The van der Waals surface area contributed by atoms with Crippen molar-refractivity contribution in [2.75, 3.05) is 45.2 Å². The fourth-order valence-corrected chi connectivity index (χ4v) is 5.73. The Kier molecular flexibility index (Phi) is 12.0. The molecule has 1 atom stereocenters. The summed E-state index contributed by atoms with van der Waals surface area (Å²) in [6.07, 6.45) is 5.36. The average molecular weight is 591 g/mol. The van der Waals surface area contributed by atoms with Crippen LogP contribution in [-0.2, 0) is 20.7 Å². The van der Waals surface area contributed by atoms with Crippen molar-refractivity contribution in [3.8, 4) is 0 Å². The minimum Gasteiger partial charge on any atom is -0.462 e. The van der Waals surface area contributed by atoms with Crippen LogP contribution in [0.2, 0.25) is 10.0 Å². The summed E-state index contributed by atoms with van der Waals surface area (Å²) in [4.78, 5) is 20.9. The van der Waals surface area contributed by atoms with E-state index < -0.39 is 12.0 Å². The van der Waals surface area contributed by atoms with Crippen LogP contribution in [0.15, 0.2) is 64.8 Å². The summed E-state index contributed by atoms with van der Waals surface area (Å²) >= 11 is 14.2. The smallest absolute Gasteiger partial charge is 0.338 e. The average Bonchev–Trinajstić information content (AvgIpc) is 2.96. The van der Waals surface area contributed by atoms with E-state index in [4.69, 9.17) is 37.7 Å². The summed E-state index contributed by atoms with van der Waals surface area (Å²) in [5.41, 5.74) is 3.13. The van der Waals surface area contributed by atoms with Crippen molar-refractivity contribution < 1.29 is 14.3 Å². The molecule has 39 heavy (non-hydrogen) atoms. The number of rotatable bonds is 12. The number of halogens is 2. The van der Waals surface area contributed by atoms with E-state index in [9.17, 15) is 4.79 Å². The van der Waals surface area contributed by atoms with Gasteiger partial charge in [0.25, 0.3) is 0 Å². The van der Waals surface area contributed by atoms with Gasteiger partial charge in [-0.05, 0) is 67.8 Å². The number of hydrogen-bond donors (Lipinski definition) is 1. The maximum absolute atomic E-state index is 13.6. The lowest BCUT2D eigenvalue weighted by molar-refractivity contribution is -0.139. The van der Waals surface area contributed by atoms with E-state index in [2.05, 4.69) is 29.3 Å². The molecule has 1 saturated heterocycles. The van der Waals surface area contributed by atoms with Gasteiger partial charge in [-0.3, -0.25) is 0 Å². The number of amidine groups is 1. The first-order valence-corrected chi connectivity index (χ1v) is 15.5. The molecule has 2 aromatic carbocycles. The zero-order valence-electron chi connectivity index (χ0n) is 22.5. The number of benzene rings is 2. The third kappa shape index (κ3) is 8.98. The Morgan fingerprint density at radius 3 is 2.62 bits per heavy atom. The summed E-state index contributed by atoms with van der Waals surface area (Å²) < 4.78 is 11.9. The van der Waals surface area contributed by atoms with E-state index in [0.717, 1.165) is 49.0 Å². The number of nitrogens with zero attached hydrogens (tertiary/aromatic N) is 2. The van der Waals surface area contributed by atoms with Crippen LogP contribution in [-0.4, -0.2) is 61.2 Å². The molecular weight excluding hydrogens is 553 g/mol. The maximum atomic E-state index is 13.6. The van der Waals surface area contributed by atoms with Crippen LogP contribution < -0.4 is 5.32 Å². The van der Waals surface area contributed by atoms with Gasteiger partial charge in [0.1, 0.15) is 6.04 Å². The number of likely N-dealkylation sites (tertiary alicyclic amines) is 1. The lowest BCUT2D eigenvalue weighted by Crippen LogP contribution is -2.35. The van der Waals surface area contributed by atoms with Gasteiger partial charge in [-0.25, -0.2) is 9.79 Å². The van der Waals surface area contributed by atoms with E-state index in [1.54, 1.807) is 23.9 Å². The third-order valence-corrected chi connectivity index (χ3v) is 8.30. The van der Waals surface area contributed by atoms with Crippen molar-refractivity contribution in [2.45, 2.75) is 45.1 Å². The molecule has 9 heteroatoms. The highest BCUT2D eigenvalue weighted by molar-refractivity contribution is 8.13. The van der Waals surface area contributed by atoms with Crippen LogP contribution in [0.5, 0.6) is 0 Å². The topological polar surface area (TPSA) is 63.2 Å². The molecule has 2 aromatic rings. The summed E-state index contributed by atoms with van der Waals surface area (Å²) in [6, 6.07) is 15.0. The molecule has 2 aliphatic rings. The molecular formula is C30H37Cl2N3O3S. The van der Waals surface area contributed by atoms with Crippen LogP contribution in [0.1, 0.15) is 49.8 Å². The van der Waals surface area contributed by atoms with Crippen molar-refractivity contribution in [1.82, 2.24) is 10.2 Å². The number of esters is 1. The normalized spacial score (nSPS) is 18.0. The third-order valence-electron chi connectivity index (χ3n) is 6.80. The van der Waals surface area contributed by atoms with E-state index in [1.165, 1.54) is 24.8 Å². The second-order valence-electron chi connectivity index (χ2n) is 9.64. The first-order valence-electron chi connectivity index (χ1n) is 13.7. The minimum atomic E-state index is -0.572. The van der Waals surface area contributed by atoms with Gasteiger partial charge in [0, 0.05) is 6.54 Å². The fraction of sp³-hybridized carbons (Fsp3) is 0.467. The SMILES string of the molecule is CCSC1=NC(c2ccc(Cl)c(Cl)c2)C(C(=O)OCCCc2ccccc2)=C(COCCN2CCCCC2)N1. The molecule has 0 aliphatic carbocycles. The van der Waals surface area contributed by atoms with Gasteiger partial charge in [0.05, 0.1) is 41.1 Å². The summed E-state index contributed by atoms with van der Waals surface area (Å²) in [5, 5.41) is 4.97. The largest absolute Gasteiger partial charge is 0.462 e. The lowest BCUT2D eigenvalue weighted by Gasteiger charge is -2.28. The van der Waals surface area contributed by atoms with E-state index in [-0.39, 0.29) is 6.61 Å². The predicted molar refractivity (Wildman–Crippen MR) is 162 cm³/mol. The molecule has 2 heterocycles. The van der Waals surface area contributed by atoms with Gasteiger partial charge in [-0.1, -0.05) is 84.7 Å². The Balaban J connectivity index is 1.51. The molecule has 0 bridgehead atoms. The van der Waals surface area contributed by atoms with Gasteiger partial charge >= 0.3 is 5.97 Å². The van der Waals surface area contributed by atoms with Crippen molar-refractivity contribution in [2.24, 2.45) is 4.99 Å². The number of nitrogens with one attached hydrogen (secondary N) is 1. The van der Waals surface area contributed by atoms with Crippen molar-refractivity contribution in [1.29, 1.82) is 0 Å². The van der Waals surface area contributed by atoms with Gasteiger partial charge < -0.3 is 19.7 Å². The second kappa shape index (κ2) is 15.7. The Morgan fingerprint density at radius 2 is 1.87 bits per heavy atom. The van der Waals surface area contributed by atoms with Crippen molar-refractivity contribution >= 4 is 46.1 Å². The predicted octanol–water partition coefficient (Wildman–Crippen LogP) is 6.68. The highest BCUT2D eigenvalue weighted by atomic mass is 35.5. The molecule has 0 amide bonds. The van der Waals surface area contributed by atoms with Gasteiger partial charge in [0.2, 0.25) is 0 Å². The molecule has 2 aliphatic heterocycles. The fourth-order valence-electron chi connectivity index (χ4n) is 4.77. The summed E-state index contributed by atoms with van der Waals surface area (Å²) in [6.45, 7) is 6.36. The number of thioether (sulfide) groups is 1. The summed E-state index contributed by atoms with van der Waals surface area (Å²) in [7, 11) is 0. The molecule has 4 rings (SSSR count). The Hall–Kier alpha value is -2.03. The van der Waals surface area contributed by atoms with Crippen molar-refractivity contribution in [3.63, 3.8) is 0 Å². The number of carbonyl (C=O) groups excluding carboxylic acids is 1. The highest BCUT2D eigenvalue weighted by Crippen LogP contribution is 2.36. The monoisotopic (exact) mass is 589 g/mol. The molecule has 1 N–H and O–H groups in total. The Morgan fingerprint density at radius 1 is 1.08 bits per heavy atom. The molecule has 0 saturated carbocycles. The summed E-state index contributed by atoms with van der Waals surface area (Å²) in [5.74, 6) is 0.438. The first kappa shape index (κ1) is 29.9. The quantitative estimate of drug-likeness (QED) is 0.220. The van der Waals surface area contributed by atoms with Crippen LogP contribution in [0, 0.1) is 0 Å². The Bertz CT molecular complexity index is 1150. The minimum absolute atomic E-state index is 0.267. The van der Waals surface area contributed by atoms with Crippen molar-refractivity contribution in [3.05, 3.63) is 81.0 Å². The zero-order valence-corrected chi connectivity index (χ0v) is 24.8. The maximum Gasteiger partial charge on any atom is 0.338 e. The number of ether oxygens (including phenoxy) is 2.